The quantitative estimate of drug-likeness (QED) is 0.741. The van der Waals surface area contributed by atoms with E-state index >= 15 is 0 Å². The van der Waals surface area contributed by atoms with Gasteiger partial charge >= 0.3 is 0 Å². The number of hydrogen-bond donors (Lipinski definition) is 2. The van der Waals surface area contributed by atoms with E-state index in [9.17, 15) is 0 Å². The van der Waals surface area contributed by atoms with Gasteiger partial charge in [0.2, 0.25) is 0 Å². The molecule has 128 valence electrons. The van der Waals surface area contributed by atoms with Crippen LogP contribution in [-0.4, -0.2) is 20.2 Å². The molecule has 0 atom stereocenters. The lowest BCUT2D eigenvalue weighted by atomic mass is 10.1. The van der Waals surface area contributed by atoms with Crippen molar-refractivity contribution in [3.63, 3.8) is 0 Å². The van der Waals surface area contributed by atoms with E-state index in [1.165, 1.54) is 5.56 Å². The lowest BCUT2D eigenvalue weighted by Crippen LogP contribution is -2.11. The average Bonchev–Trinajstić information content (AvgIpc) is 3.10. The molecule has 0 spiro atoms. The van der Waals surface area contributed by atoms with Gasteiger partial charge in [0.25, 0.3) is 0 Å². The van der Waals surface area contributed by atoms with Crippen molar-refractivity contribution in [2.24, 2.45) is 0 Å². The Morgan fingerprint density at radius 3 is 2.32 bits per heavy atom. The van der Waals surface area contributed by atoms with Gasteiger partial charge < -0.3 is 5.32 Å². The molecule has 3 aromatic heterocycles. The number of aromatic nitrogens is 4. The van der Waals surface area contributed by atoms with Crippen molar-refractivity contribution in [2.75, 3.05) is 0 Å². The number of rotatable bonds is 5. The van der Waals surface area contributed by atoms with Crippen LogP contribution in [0, 0.1) is 6.92 Å². The monoisotopic (exact) mass is 333 g/mol. The molecule has 0 bridgehead atoms. The molecule has 5 nitrogen and oxygen atoms in total. The van der Waals surface area contributed by atoms with Crippen molar-refractivity contribution in [3.05, 3.63) is 90.8 Å². The topological polar surface area (TPSA) is 66.5 Å². The first-order valence-electron chi connectivity index (χ1n) is 7.96. The molecule has 0 aliphatic carbocycles. The number of hydrogen-bond acceptors (Lipinski definition) is 4. The van der Waals surface area contributed by atoms with Gasteiger partial charge in [-0.05, 0) is 43.2 Å². The van der Waals surface area contributed by atoms with E-state index < -0.39 is 0 Å². The second kappa shape index (κ2) is 9.17. The summed E-state index contributed by atoms with van der Waals surface area (Å²) >= 11 is 0. The third-order valence-corrected chi connectivity index (χ3v) is 3.46. The summed E-state index contributed by atoms with van der Waals surface area (Å²) in [6, 6.07) is 7.80. The number of allylic oxidation sites excluding steroid dienone is 1. The summed E-state index contributed by atoms with van der Waals surface area (Å²) in [5.74, 6) is 0. The zero-order chi connectivity index (χ0) is 18.1. The largest absolute Gasteiger partial charge is 0.381 e. The third-order valence-electron chi connectivity index (χ3n) is 3.46. The SMILES string of the molecule is C=C(NCc1cn[nH]c1C(=C)C)c1cccnc1.Cc1cccnc1. The van der Waals surface area contributed by atoms with Crippen molar-refractivity contribution in [3.8, 4) is 0 Å². The number of nitrogens with one attached hydrogen (secondary N) is 2. The Balaban J connectivity index is 0.000000269. The van der Waals surface area contributed by atoms with Gasteiger partial charge in [-0.3, -0.25) is 15.1 Å². The van der Waals surface area contributed by atoms with Gasteiger partial charge in [-0.1, -0.05) is 19.2 Å². The van der Waals surface area contributed by atoms with Crippen LogP contribution in [0.1, 0.15) is 29.3 Å². The van der Waals surface area contributed by atoms with Crippen LogP contribution in [0.2, 0.25) is 0 Å². The molecule has 3 rings (SSSR count). The highest BCUT2D eigenvalue weighted by Gasteiger charge is 2.06. The maximum Gasteiger partial charge on any atom is 0.0650 e. The Morgan fingerprint density at radius 1 is 1.08 bits per heavy atom. The fourth-order valence-electron chi connectivity index (χ4n) is 2.11. The summed E-state index contributed by atoms with van der Waals surface area (Å²) in [6.45, 7) is 12.5. The van der Waals surface area contributed by atoms with Gasteiger partial charge in [-0.25, -0.2) is 0 Å². The molecule has 0 aliphatic rings. The zero-order valence-electron chi connectivity index (χ0n) is 14.7. The summed E-state index contributed by atoms with van der Waals surface area (Å²) in [4.78, 5) is 7.95. The summed E-state index contributed by atoms with van der Waals surface area (Å²) in [5, 5.41) is 10.2. The molecular weight excluding hydrogens is 310 g/mol. The number of aryl methyl sites for hydroxylation is 1. The van der Waals surface area contributed by atoms with Crippen molar-refractivity contribution in [1.82, 2.24) is 25.5 Å². The molecule has 0 saturated carbocycles. The van der Waals surface area contributed by atoms with E-state index in [2.05, 4.69) is 38.6 Å². The van der Waals surface area contributed by atoms with E-state index in [4.69, 9.17) is 0 Å². The van der Waals surface area contributed by atoms with Crippen LogP contribution in [0.25, 0.3) is 11.3 Å². The smallest absolute Gasteiger partial charge is 0.0650 e. The summed E-state index contributed by atoms with van der Waals surface area (Å²) in [6.07, 6.45) is 8.93. The van der Waals surface area contributed by atoms with Gasteiger partial charge in [0, 0.05) is 48.2 Å². The summed E-state index contributed by atoms with van der Waals surface area (Å²) in [7, 11) is 0. The maximum absolute atomic E-state index is 4.06. The lowest BCUT2D eigenvalue weighted by molar-refractivity contribution is 0.888. The first kappa shape index (κ1) is 18.1. The highest BCUT2D eigenvalue weighted by molar-refractivity contribution is 5.63. The Bertz CT molecular complexity index is 806. The minimum atomic E-state index is 0.659. The Morgan fingerprint density at radius 2 is 1.80 bits per heavy atom. The van der Waals surface area contributed by atoms with Crippen molar-refractivity contribution in [2.45, 2.75) is 20.4 Å². The number of aromatic amines is 1. The van der Waals surface area contributed by atoms with Crippen molar-refractivity contribution >= 4 is 11.3 Å². The predicted octanol–water partition coefficient (Wildman–Crippen LogP) is 3.99. The van der Waals surface area contributed by atoms with E-state index in [-0.39, 0.29) is 0 Å². The molecule has 0 aliphatic heterocycles. The van der Waals surface area contributed by atoms with Gasteiger partial charge in [-0.15, -0.1) is 0 Å². The maximum atomic E-state index is 4.06. The van der Waals surface area contributed by atoms with Crippen LogP contribution in [0.3, 0.4) is 0 Å². The van der Waals surface area contributed by atoms with Gasteiger partial charge in [0.15, 0.2) is 0 Å². The molecule has 3 heterocycles. The minimum Gasteiger partial charge on any atom is -0.381 e. The molecule has 0 aromatic carbocycles. The first-order chi connectivity index (χ1) is 12.1. The van der Waals surface area contributed by atoms with E-state index in [0.29, 0.717) is 6.54 Å². The zero-order valence-corrected chi connectivity index (χ0v) is 14.7. The average molecular weight is 333 g/mol. The summed E-state index contributed by atoms with van der Waals surface area (Å²) < 4.78 is 0. The van der Waals surface area contributed by atoms with Crippen molar-refractivity contribution in [1.29, 1.82) is 0 Å². The van der Waals surface area contributed by atoms with E-state index in [1.54, 1.807) is 24.8 Å². The van der Waals surface area contributed by atoms with Gasteiger partial charge in [0.1, 0.15) is 0 Å². The molecule has 0 radical (unpaired) electrons. The second-order valence-corrected chi connectivity index (χ2v) is 5.65. The Hall–Kier alpha value is -3.21. The molecule has 5 heteroatoms. The molecular formula is C20H23N5. The van der Waals surface area contributed by atoms with Crippen LogP contribution in [0.4, 0.5) is 0 Å². The summed E-state index contributed by atoms with van der Waals surface area (Å²) in [5.41, 5.74) is 6.06. The van der Waals surface area contributed by atoms with E-state index in [1.807, 2.05) is 44.3 Å². The van der Waals surface area contributed by atoms with Crippen LogP contribution < -0.4 is 5.32 Å². The van der Waals surface area contributed by atoms with Crippen LogP contribution >= 0.6 is 0 Å². The highest BCUT2D eigenvalue weighted by Crippen LogP contribution is 2.15. The van der Waals surface area contributed by atoms with Crippen LogP contribution in [0.15, 0.2) is 68.4 Å². The lowest BCUT2D eigenvalue weighted by Gasteiger charge is -2.09. The molecule has 3 aromatic rings. The third kappa shape index (κ3) is 5.73. The molecule has 0 saturated heterocycles. The number of nitrogens with zero attached hydrogens (tertiary/aromatic N) is 3. The fourth-order valence-corrected chi connectivity index (χ4v) is 2.11. The molecule has 0 unspecified atom stereocenters. The Kier molecular flexibility index (Phi) is 6.65. The molecule has 2 N–H and O–H groups in total. The predicted molar refractivity (Wildman–Crippen MR) is 102 cm³/mol. The standard InChI is InChI=1S/C14H16N4.C6H7N/c1-10(2)14-13(9-17-18-14)8-16-11(3)12-5-4-6-15-7-12;1-6-3-2-4-7-5-6/h4-7,9,16H,1,3,8H2,2H3,(H,17,18);2-5H,1H3. The fraction of sp³-hybridized carbons (Fsp3) is 0.150. The molecule has 25 heavy (non-hydrogen) atoms. The van der Waals surface area contributed by atoms with E-state index in [0.717, 1.165) is 28.1 Å². The normalized spacial score (nSPS) is 9.68. The van der Waals surface area contributed by atoms with Crippen molar-refractivity contribution < 1.29 is 0 Å². The molecule has 0 fully saturated rings. The van der Waals surface area contributed by atoms with Crippen LogP contribution in [-0.2, 0) is 6.54 Å². The first-order valence-corrected chi connectivity index (χ1v) is 7.96. The number of H-pyrrole nitrogens is 1. The highest BCUT2D eigenvalue weighted by atomic mass is 15.1. The van der Waals surface area contributed by atoms with Crippen LogP contribution in [0.5, 0.6) is 0 Å². The minimum absolute atomic E-state index is 0.659. The second-order valence-electron chi connectivity index (χ2n) is 5.65. The van der Waals surface area contributed by atoms with Gasteiger partial charge in [0.05, 0.1) is 11.9 Å². The molecule has 0 amide bonds. The Labute approximate surface area is 148 Å². The van der Waals surface area contributed by atoms with Gasteiger partial charge in [-0.2, -0.15) is 5.10 Å². The number of pyridine rings is 2.